The summed E-state index contributed by atoms with van der Waals surface area (Å²) in [6.45, 7) is 0. The molecule has 2 rings (SSSR count). The third-order valence-corrected chi connectivity index (χ3v) is 3.25. The highest BCUT2D eigenvalue weighted by Crippen LogP contribution is 2.24. The molecule has 17 heavy (non-hydrogen) atoms. The molecule has 0 spiro atoms. The Bertz CT molecular complexity index is 488. The van der Waals surface area contributed by atoms with Gasteiger partial charge in [-0.15, -0.1) is 0 Å². The van der Waals surface area contributed by atoms with Crippen LogP contribution in [0.1, 0.15) is 12.0 Å². The van der Waals surface area contributed by atoms with Gasteiger partial charge in [0.25, 0.3) is 5.91 Å². The fraction of sp³-hybridized carbons (Fsp3) is 0.273. The standard InChI is InChI=1S/C11H10Cl2N2O2/c1-17-10-5-9(14-15-11(10)16)6-2-3-7(12)8(13)4-6/h2-4,10H,5H2,1H3,(H,15,16). The van der Waals surface area contributed by atoms with E-state index < -0.39 is 6.10 Å². The second-order valence-electron chi connectivity index (χ2n) is 3.59. The van der Waals surface area contributed by atoms with E-state index in [0.29, 0.717) is 16.5 Å². The summed E-state index contributed by atoms with van der Waals surface area (Å²) in [5, 5.41) is 4.93. The zero-order chi connectivity index (χ0) is 12.4. The minimum absolute atomic E-state index is 0.240. The van der Waals surface area contributed by atoms with Crippen LogP contribution in [0.4, 0.5) is 0 Å². The van der Waals surface area contributed by atoms with Crippen LogP contribution in [-0.4, -0.2) is 24.8 Å². The van der Waals surface area contributed by atoms with Crippen molar-refractivity contribution < 1.29 is 9.53 Å². The number of carbonyl (C=O) groups is 1. The second-order valence-corrected chi connectivity index (χ2v) is 4.41. The maximum atomic E-state index is 11.3. The van der Waals surface area contributed by atoms with Crippen molar-refractivity contribution in [2.24, 2.45) is 5.10 Å². The molecule has 1 amide bonds. The summed E-state index contributed by atoms with van der Waals surface area (Å²) in [5.74, 6) is -0.240. The van der Waals surface area contributed by atoms with Crippen LogP contribution in [0.3, 0.4) is 0 Å². The van der Waals surface area contributed by atoms with Gasteiger partial charge in [0, 0.05) is 13.5 Å². The summed E-state index contributed by atoms with van der Waals surface area (Å²) in [7, 11) is 1.49. The number of nitrogens with one attached hydrogen (secondary N) is 1. The van der Waals surface area contributed by atoms with Gasteiger partial charge in [0.2, 0.25) is 0 Å². The monoisotopic (exact) mass is 272 g/mol. The second kappa shape index (κ2) is 5.04. The number of amides is 1. The average molecular weight is 273 g/mol. The fourth-order valence-corrected chi connectivity index (χ4v) is 1.86. The lowest BCUT2D eigenvalue weighted by atomic mass is 10.0. The highest BCUT2D eigenvalue weighted by molar-refractivity contribution is 6.42. The quantitative estimate of drug-likeness (QED) is 0.898. The van der Waals surface area contributed by atoms with Crippen molar-refractivity contribution in [2.45, 2.75) is 12.5 Å². The van der Waals surface area contributed by atoms with Crippen LogP contribution in [0.5, 0.6) is 0 Å². The van der Waals surface area contributed by atoms with Gasteiger partial charge < -0.3 is 4.74 Å². The van der Waals surface area contributed by atoms with E-state index in [9.17, 15) is 4.79 Å². The first-order valence-corrected chi connectivity index (χ1v) is 5.72. The van der Waals surface area contributed by atoms with Crippen LogP contribution >= 0.6 is 23.2 Å². The summed E-state index contributed by atoms with van der Waals surface area (Å²) in [6.07, 6.45) is -0.0998. The van der Waals surface area contributed by atoms with E-state index in [1.54, 1.807) is 18.2 Å². The van der Waals surface area contributed by atoms with Gasteiger partial charge in [-0.05, 0) is 17.7 Å². The first-order chi connectivity index (χ1) is 8.11. The maximum Gasteiger partial charge on any atom is 0.269 e. The van der Waals surface area contributed by atoms with Gasteiger partial charge in [-0.2, -0.15) is 5.10 Å². The zero-order valence-corrected chi connectivity index (χ0v) is 10.5. The number of nitrogens with zero attached hydrogens (tertiary/aromatic N) is 1. The number of benzene rings is 1. The Morgan fingerprint density at radius 1 is 1.41 bits per heavy atom. The van der Waals surface area contributed by atoms with E-state index in [4.69, 9.17) is 27.9 Å². The lowest BCUT2D eigenvalue weighted by molar-refractivity contribution is -0.131. The third kappa shape index (κ3) is 2.60. The normalized spacial score (nSPS) is 19.8. The van der Waals surface area contributed by atoms with Crippen molar-refractivity contribution in [1.82, 2.24) is 5.43 Å². The highest BCUT2D eigenvalue weighted by atomic mass is 35.5. The van der Waals surface area contributed by atoms with Crippen LogP contribution in [0.2, 0.25) is 10.0 Å². The third-order valence-electron chi connectivity index (χ3n) is 2.51. The molecule has 1 aliphatic rings. The Labute approximate surface area is 109 Å². The molecule has 0 aromatic heterocycles. The highest BCUT2D eigenvalue weighted by Gasteiger charge is 2.25. The number of ether oxygens (including phenoxy) is 1. The number of carbonyl (C=O) groups excluding carboxylic acids is 1. The molecule has 1 aliphatic heterocycles. The van der Waals surface area contributed by atoms with E-state index in [0.717, 1.165) is 11.3 Å². The van der Waals surface area contributed by atoms with Gasteiger partial charge in [-0.25, -0.2) is 5.43 Å². The Balaban J connectivity index is 2.28. The molecule has 0 fully saturated rings. The Hall–Kier alpha value is -1.10. The van der Waals surface area contributed by atoms with E-state index in [2.05, 4.69) is 10.5 Å². The Kier molecular flexibility index (Phi) is 3.66. The molecule has 6 heteroatoms. The van der Waals surface area contributed by atoms with Crippen LogP contribution in [0.25, 0.3) is 0 Å². The average Bonchev–Trinajstić information content (AvgIpc) is 2.33. The van der Waals surface area contributed by atoms with Crippen LogP contribution in [0.15, 0.2) is 23.3 Å². The lowest BCUT2D eigenvalue weighted by Gasteiger charge is -2.20. The van der Waals surface area contributed by atoms with Gasteiger partial charge in [0.1, 0.15) is 6.10 Å². The number of methoxy groups -OCH3 is 1. The molecule has 1 atom stereocenters. The van der Waals surface area contributed by atoms with Crippen molar-refractivity contribution >= 4 is 34.8 Å². The number of hydrazone groups is 1. The number of halogens is 2. The molecule has 90 valence electrons. The molecule has 1 N–H and O–H groups in total. The van der Waals surface area contributed by atoms with Crippen molar-refractivity contribution in [3.63, 3.8) is 0 Å². The molecule has 1 aromatic carbocycles. The van der Waals surface area contributed by atoms with Gasteiger partial charge >= 0.3 is 0 Å². The molecule has 0 bridgehead atoms. The van der Waals surface area contributed by atoms with Crippen molar-refractivity contribution in [2.75, 3.05) is 7.11 Å². The Morgan fingerprint density at radius 2 is 2.18 bits per heavy atom. The molecule has 0 saturated carbocycles. The van der Waals surface area contributed by atoms with E-state index in [1.807, 2.05) is 0 Å². The van der Waals surface area contributed by atoms with Gasteiger partial charge in [0.15, 0.2) is 0 Å². The topological polar surface area (TPSA) is 50.7 Å². The summed E-state index contributed by atoms with van der Waals surface area (Å²) >= 11 is 11.8. The van der Waals surface area contributed by atoms with Gasteiger partial charge in [-0.1, -0.05) is 29.3 Å². The Morgan fingerprint density at radius 3 is 2.82 bits per heavy atom. The number of hydrogen-bond acceptors (Lipinski definition) is 3. The van der Waals surface area contributed by atoms with Gasteiger partial charge in [0.05, 0.1) is 15.8 Å². The van der Waals surface area contributed by atoms with E-state index in [1.165, 1.54) is 7.11 Å². The predicted octanol–water partition coefficient (Wildman–Crippen LogP) is 2.23. The minimum Gasteiger partial charge on any atom is -0.371 e. The molecule has 1 unspecified atom stereocenters. The molecule has 0 radical (unpaired) electrons. The smallest absolute Gasteiger partial charge is 0.269 e. The summed E-state index contributed by atoms with van der Waals surface area (Å²) < 4.78 is 5.06. The predicted molar refractivity (Wildman–Crippen MR) is 66.6 cm³/mol. The summed E-state index contributed by atoms with van der Waals surface area (Å²) in [5.41, 5.74) is 3.95. The lowest BCUT2D eigenvalue weighted by Crippen LogP contribution is -2.39. The van der Waals surface area contributed by atoms with E-state index >= 15 is 0 Å². The van der Waals surface area contributed by atoms with Crippen LogP contribution in [-0.2, 0) is 9.53 Å². The summed E-state index contributed by atoms with van der Waals surface area (Å²) in [6, 6.07) is 5.21. The molecule has 1 heterocycles. The van der Waals surface area contributed by atoms with Crippen LogP contribution in [0, 0.1) is 0 Å². The zero-order valence-electron chi connectivity index (χ0n) is 9.04. The minimum atomic E-state index is -0.517. The van der Waals surface area contributed by atoms with Crippen molar-refractivity contribution in [3.05, 3.63) is 33.8 Å². The first kappa shape index (κ1) is 12.4. The molecule has 0 aliphatic carbocycles. The van der Waals surface area contributed by atoms with Crippen LogP contribution < -0.4 is 5.43 Å². The molecular formula is C11H10Cl2N2O2. The first-order valence-electron chi connectivity index (χ1n) is 4.96. The summed E-state index contributed by atoms with van der Waals surface area (Å²) in [4.78, 5) is 11.3. The number of hydrogen-bond donors (Lipinski definition) is 1. The number of rotatable bonds is 2. The SMILES string of the molecule is COC1CC(c2ccc(Cl)c(Cl)c2)=NNC1=O. The largest absolute Gasteiger partial charge is 0.371 e. The van der Waals surface area contributed by atoms with E-state index in [-0.39, 0.29) is 5.91 Å². The molecular weight excluding hydrogens is 263 g/mol. The van der Waals surface area contributed by atoms with Crippen molar-refractivity contribution in [1.29, 1.82) is 0 Å². The molecule has 4 nitrogen and oxygen atoms in total. The van der Waals surface area contributed by atoms with Gasteiger partial charge in [-0.3, -0.25) is 4.79 Å². The molecule has 1 aromatic rings. The van der Waals surface area contributed by atoms with Crippen molar-refractivity contribution in [3.8, 4) is 0 Å². The fourth-order valence-electron chi connectivity index (χ4n) is 1.56. The maximum absolute atomic E-state index is 11.3. The molecule has 0 saturated heterocycles.